The number of hydrogen-bond donors (Lipinski definition) is 2. The Morgan fingerprint density at radius 3 is 2.85 bits per heavy atom. The Morgan fingerprint density at radius 2 is 2.20 bits per heavy atom. The molecular formula is C15H18N4O. The SMILES string of the molecule is O=C(N[C@H]1CCCNC1)c1ccc(-n2ccnc2)cc1. The number of piperidine rings is 1. The maximum atomic E-state index is 12.2. The molecule has 2 N–H and O–H groups in total. The van der Waals surface area contributed by atoms with Crippen molar-refractivity contribution in [2.45, 2.75) is 18.9 Å². The highest BCUT2D eigenvalue weighted by atomic mass is 16.1. The van der Waals surface area contributed by atoms with Crippen LogP contribution >= 0.6 is 0 Å². The third-order valence-corrected chi connectivity index (χ3v) is 3.56. The zero-order valence-corrected chi connectivity index (χ0v) is 11.2. The predicted octanol–water partition coefficient (Wildman–Crippen LogP) is 1.35. The highest BCUT2D eigenvalue weighted by Gasteiger charge is 2.16. The number of aromatic nitrogens is 2. The molecule has 0 radical (unpaired) electrons. The van der Waals surface area contributed by atoms with Crippen molar-refractivity contribution < 1.29 is 4.79 Å². The fourth-order valence-corrected chi connectivity index (χ4v) is 2.44. The van der Waals surface area contributed by atoms with Gasteiger partial charge in [-0.25, -0.2) is 4.98 Å². The summed E-state index contributed by atoms with van der Waals surface area (Å²) in [5, 5.41) is 6.36. The first-order chi connectivity index (χ1) is 9.83. The smallest absolute Gasteiger partial charge is 0.251 e. The van der Waals surface area contributed by atoms with Crippen LogP contribution in [0.15, 0.2) is 43.0 Å². The van der Waals surface area contributed by atoms with Gasteiger partial charge in [0.15, 0.2) is 0 Å². The number of nitrogens with one attached hydrogen (secondary N) is 2. The lowest BCUT2D eigenvalue weighted by atomic mass is 10.1. The molecule has 0 unspecified atom stereocenters. The molecule has 1 aliphatic heterocycles. The first kappa shape index (κ1) is 12.9. The van der Waals surface area contributed by atoms with Crippen molar-refractivity contribution in [3.05, 3.63) is 48.5 Å². The van der Waals surface area contributed by atoms with Gasteiger partial charge in [-0.3, -0.25) is 4.79 Å². The summed E-state index contributed by atoms with van der Waals surface area (Å²) >= 11 is 0. The summed E-state index contributed by atoms with van der Waals surface area (Å²) < 4.78 is 1.91. The lowest BCUT2D eigenvalue weighted by Gasteiger charge is -2.23. The topological polar surface area (TPSA) is 59.0 Å². The average molecular weight is 270 g/mol. The number of amides is 1. The van der Waals surface area contributed by atoms with E-state index >= 15 is 0 Å². The van der Waals surface area contributed by atoms with E-state index < -0.39 is 0 Å². The number of benzene rings is 1. The molecule has 0 bridgehead atoms. The minimum atomic E-state index is -0.00381. The highest BCUT2D eigenvalue weighted by molar-refractivity contribution is 5.94. The Bertz CT molecular complexity index is 556. The van der Waals surface area contributed by atoms with Gasteiger partial charge in [-0.2, -0.15) is 0 Å². The maximum Gasteiger partial charge on any atom is 0.251 e. The van der Waals surface area contributed by atoms with E-state index in [1.165, 1.54) is 0 Å². The van der Waals surface area contributed by atoms with Crippen molar-refractivity contribution in [3.63, 3.8) is 0 Å². The molecule has 104 valence electrons. The molecule has 20 heavy (non-hydrogen) atoms. The van der Waals surface area contributed by atoms with E-state index in [0.29, 0.717) is 5.56 Å². The van der Waals surface area contributed by atoms with Gasteiger partial charge < -0.3 is 15.2 Å². The fourth-order valence-electron chi connectivity index (χ4n) is 2.44. The van der Waals surface area contributed by atoms with Crippen LogP contribution in [0.1, 0.15) is 23.2 Å². The van der Waals surface area contributed by atoms with Crippen molar-refractivity contribution >= 4 is 5.91 Å². The number of rotatable bonds is 3. The lowest BCUT2D eigenvalue weighted by Crippen LogP contribution is -2.45. The molecule has 2 aromatic rings. The van der Waals surface area contributed by atoms with Gasteiger partial charge in [0.1, 0.15) is 0 Å². The molecule has 0 aliphatic carbocycles. The average Bonchev–Trinajstić information content (AvgIpc) is 3.03. The van der Waals surface area contributed by atoms with Crippen LogP contribution in [0, 0.1) is 0 Å². The van der Waals surface area contributed by atoms with Gasteiger partial charge in [-0.15, -0.1) is 0 Å². The van der Waals surface area contributed by atoms with Crippen molar-refractivity contribution in [2.75, 3.05) is 13.1 Å². The van der Waals surface area contributed by atoms with Gasteiger partial charge in [0.05, 0.1) is 6.33 Å². The molecule has 5 heteroatoms. The Balaban J connectivity index is 1.66. The van der Waals surface area contributed by atoms with E-state index in [1.54, 1.807) is 12.5 Å². The van der Waals surface area contributed by atoms with Crippen LogP contribution in [0.3, 0.4) is 0 Å². The standard InChI is InChI=1S/C15H18N4O/c20-15(18-13-2-1-7-16-10-13)12-3-5-14(6-4-12)19-9-8-17-11-19/h3-6,8-9,11,13,16H,1-2,7,10H2,(H,18,20)/t13-/m0/s1. The van der Waals surface area contributed by atoms with Crippen LogP contribution in [-0.4, -0.2) is 34.6 Å². The molecule has 2 heterocycles. The third kappa shape index (κ3) is 2.88. The van der Waals surface area contributed by atoms with Crippen LogP contribution in [0.25, 0.3) is 5.69 Å². The molecule has 1 fully saturated rings. The summed E-state index contributed by atoms with van der Waals surface area (Å²) in [6, 6.07) is 7.79. The maximum absolute atomic E-state index is 12.2. The normalized spacial score (nSPS) is 18.7. The molecule has 1 saturated heterocycles. The van der Waals surface area contributed by atoms with Crippen molar-refractivity contribution in [3.8, 4) is 5.69 Å². The predicted molar refractivity (Wildman–Crippen MR) is 76.9 cm³/mol. The summed E-state index contributed by atoms with van der Waals surface area (Å²) in [4.78, 5) is 16.2. The molecule has 5 nitrogen and oxygen atoms in total. The number of carbonyl (C=O) groups excluding carboxylic acids is 1. The third-order valence-electron chi connectivity index (χ3n) is 3.56. The zero-order chi connectivity index (χ0) is 13.8. The Hall–Kier alpha value is -2.14. The van der Waals surface area contributed by atoms with E-state index in [2.05, 4.69) is 15.6 Å². The molecule has 1 aromatic carbocycles. The summed E-state index contributed by atoms with van der Waals surface area (Å²) in [6.07, 6.45) is 7.51. The van der Waals surface area contributed by atoms with Gasteiger partial charge in [0.25, 0.3) is 5.91 Å². The minimum absolute atomic E-state index is 0.00381. The number of imidazole rings is 1. The molecule has 0 spiro atoms. The van der Waals surface area contributed by atoms with Crippen LogP contribution in [-0.2, 0) is 0 Å². The van der Waals surface area contributed by atoms with Crippen molar-refractivity contribution in [2.24, 2.45) is 0 Å². The van der Waals surface area contributed by atoms with Gasteiger partial charge in [0.2, 0.25) is 0 Å². The van der Waals surface area contributed by atoms with E-state index in [9.17, 15) is 4.79 Å². The van der Waals surface area contributed by atoms with Crippen molar-refractivity contribution in [1.82, 2.24) is 20.2 Å². The quantitative estimate of drug-likeness (QED) is 0.885. The summed E-state index contributed by atoms with van der Waals surface area (Å²) in [5.74, 6) is -0.00381. The molecule has 3 rings (SSSR count). The second-order valence-corrected chi connectivity index (χ2v) is 5.03. The van der Waals surface area contributed by atoms with Gasteiger partial charge in [0, 0.05) is 36.2 Å². The van der Waals surface area contributed by atoms with Crippen LogP contribution in [0.5, 0.6) is 0 Å². The Labute approximate surface area is 118 Å². The Morgan fingerprint density at radius 1 is 1.35 bits per heavy atom. The molecule has 1 atom stereocenters. The fraction of sp³-hybridized carbons (Fsp3) is 0.333. The largest absolute Gasteiger partial charge is 0.348 e. The summed E-state index contributed by atoms with van der Waals surface area (Å²) in [5.41, 5.74) is 1.69. The Kier molecular flexibility index (Phi) is 3.78. The van der Waals surface area contributed by atoms with E-state index in [-0.39, 0.29) is 11.9 Å². The number of carbonyl (C=O) groups is 1. The van der Waals surface area contributed by atoms with E-state index in [0.717, 1.165) is 31.6 Å². The second-order valence-electron chi connectivity index (χ2n) is 5.03. The van der Waals surface area contributed by atoms with Crippen LogP contribution in [0.4, 0.5) is 0 Å². The minimum Gasteiger partial charge on any atom is -0.348 e. The van der Waals surface area contributed by atoms with Crippen LogP contribution in [0.2, 0.25) is 0 Å². The molecule has 0 saturated carbocycles. The lowest BCUT2D eigenvalue weighted by molar-refractivity contribution is 0.0930. The van der Waals surface area contributed by atoms with Crippen LogP contribution < -0.4 is 10.6 Å². The van der Waals surface area contributed by atoms with Gasteiger partial charge in [-0.05, 0) is 43.7 Å². The summed E-state index contributed by atoms with van der Waals surface area (Å²) in [7, 11) is 0. The monoisotopic (exact) mass is 270 g/mol. The zero-order valence-electron chi connectivity index (χ0n) is 11.2. The molecule has 1 amide bonds. The van der Waals surface area contributed by atoms with Crippen molar-refractivity contribution in [1.29, 1.82) is 0 Å². The van der Waals surface area contributed by atoms with Gasteiger partial charge in [-0.1, -0.05) is 0 Å². The highest BCUT2D eigenvalue weighted by Crippen LogP contribution is 2.10. The summed E-state index contributed by atoms with van der Waals surface area (Å²) in [6.45, 7) is 1.91. The second kappa shape index (κ2) is 5.88. The number of nitrogens with zero attached hydrogens (tertiary/aromatic N) is 2. The first-order valence-electron chi connectivity index (χ1n) is 6.93. The number of hydrogen-bond acceptors (Lipinski definition) is 3. The van der Waals surface area contributed by atoms with E-state index in [4.69, 9.17) is 0 Å². The first-order valence-corrected chi connectivity index (χ1v) is 6.93. The van der Waals surface area contributed by atoms with Gasteiger partial charge >= 0.3 is 0 Å². The molecule has 1 aliphatic rings. The van der Waals surface area contributed by atoms with E-state index in [1.807, 2.05) is 35.0 Å². The molecular weight excluding hydrogens is 252 g/mol. The molecule has 1 aromatic heterocycles.